The minimum Gasteiger partial charge on any atom is -0.481 e. The van der Waals surface area contributed by atoms with Crippen LogP contribution < -0.4 is 5.32 Å². The molecule has 1 aromatic carbocycles. The van der Waals surface area contributed by atoms with Gasteiger partial charge in [0.1, 0.15) is 0 Å². The summed E-state index contributed by atoms with van der Waals surface area (Å²) in [5, 5.41) is 21.5. The van der Waals surface area contributed by atoms with Crippen molar-refractivity contribution in [2.75, 3.05) is 18.4 Å². The Kier molecular flexibility index (Phi) is 4.01. The van der Waals surface area contributed by atoms with Gasteiger partial charge < -0.3 is 15.3 Å². The number of nitro groups is 1. The third kappa shape index (κ3) is 3.44. The van der Waals surface area contributed by atoms with Gasteiger partial charge in [-0.05, 0) is 6.07 Å². The molecule has 1 heterocycles. The van der Waals surface area contributed by atoms with E-state index >= 15 is 0 Å². The number of aliphatic carboxylic acids is 1. The van der Waals surface area contributed by atoms with E-state index in [1.165, 1.54) is 11.0 Å². The zero-order valence-corrected chi connectivity index (χ0v) is 10.8. The highest BCUT2D eigenvalue weighted by Crippen LogP contribution is 2.23. The number of carboxylic acids is 1. The Morgan fingerprint density at radius 1 is 1.48 bits per heavy atom. The first-order chi connectivity index (χ1) is 9.86. The summed E-state index contributed by atoms with van der Waals surface area (Å²) in [6.45, 7) is 0.626. The van der Waals surface area contributed by atoms with Gasteiger partial charge in [-0.25, -0.2) is 4.79 Å². The summed E-state index contributed by atoms with van der Waals surface area (Å²) in [4.78, 5) is 33.2. The Hall–Kier alpha value is -2.71. The van der Waals surface area contributed by atoms with Gasteiger partial charge in [-0.3, -0.25) is 14.9 Å². The number of urea groups is 1. The minimum absolute atomic E-state index is 0.00403. The normalized spacial score (nSPS) is 14.4. The Bertz CT molecular complexity index is 601. The van der Waals surface area contributed by atoms with Crippen LogP contribution in [0.2, 0.25) is 0 Å². The summed E-state index contributed by atoms with van der Waals surface area (Å²) in [7, 11) is 0. The maximum atomic E-state index is 13.4. The molecular formula is C12H12FN3O5. The van der Waals surface area contributed by atoms with Crippen molar-refractivity contribution in [3.05, 3.63) is 34.1 Å². The summed E-state index contributed by atoms with van der Waals surface area (Å²) in [6, 6.07) is 2.57. The number of rotatable bonds is 4. The summed E-state index contributed by atoms with van der Waals surface area (Å²) < 4.78 is 13.4. The van der Waals surface area contributed by atoms with Crippen molar-refractivity contribution in [3.8, 4) is 0 Å². The highest BCUT2D eigenvalue weighted by atomic mass is 19.1. The number of nitrogens with one attached hydrogen (secondary N) is 1. The van der Waals surface area contributed by atoms with Crippen molar-refractivity contribution < 1.29 is 24.0 Å². The summed E-state index contributed by atoms with van der Waals surface area (Å²) >= 11 is 0. The number of likely N-dealkylation sites (tertiary alicyclic amines) is 1. The molecule has 9 heteroatoms. The second-order valence-corrected chi connectivity index (χ2v) is 4.72. The highest BCUT2D eigenvalue weighted by molar-refractivity contribution is 5.90. The number of anilines is 1. The lowest BCUT2D eigenvalue weighted by Gasteiger charge is -2.38. The Morgan fingerprint density at radius 2 is 2.14 bits per heavy atom. The van der Waals surface area contributed by atoms with Crippen LogP contribution in [0.5, 0.6) is 0 Å². The van der Waals surface area contributed by atoms with Crippen LogP contribution in [-0.4, -0.2) is 40.0 Å². The van der Waals surface area contributed by atoms with Crippen LogP contribution in [0.25, 0.3) is 0 Å². The zero-order chi connectivity index (χ0) is 15.6. The van der Waals surface area contributed by atoms with Gasteiger partial charge in [0.25, 0.3) is 0 Å². The Balaban J connectivity index is 1.91. The summed E-state index contributed by atoms with van der Waals surface area (Å²) in [5.41, 5.74) is -0.566. The second kappa shape index (κ2) is 5.73. The molecule has 21 heavy (non-hydrogen) atoms. The molecule has 0 aliphatic carbocycles. The zero-order valence-electron chi connectivity index (χ0n) is 10.8. The number of carboxylic acid groups (broad SMARTS) is 1. The van der Waals surface area contributed by atoms with Gasteiger partial charge in [0.15, 0.2) is 0 Å². The molecule has 8 nitrogen and oxygen atoms in total. The molecule has 2 rings (SSSR count). The van der Waals surface area contributed by atoms with Gasteiger partial charge >= 0.3 is 17.7 Å². The number of hydrogen-bond donors (Lipinski definition) is 2. The van der Waals surface area contributed by atoms with Gasteiger partial charge in [-0.2, -0.15) is 4.39 Å². The van der Waals surface area contributed by atoms with Crippen LogP contribution in [0.4, 0.5) is 20.6 Å². The SMILES string of the molecule is O=C(O)CC1CN(C(=O)Nc2ccc([N+](=O)[O-])c(F)c2)C1. The average molecular weight is 297 g/mol. The fourth-order valence-corrected chi connectivity index (χ4v) is 2.05. The van der Waals surface area contributed by atoms with Crippen molar-refractivity contribution in [2.45, 2.75) is 6.42 Å². The molecule has 0 aromatic heterocycles. The lowest BCUT2D eigenvalue weighted by Crippen LogP contribution is -2.52. The van der Waals surface area contributed by atoms with Crippen molar-refractivity contribution >= 4 is 23.4 Å². The minimum atomic E-state index is -1.04. The van der Waals surface area contributed by atoms with Crippen LogP contribution in [0.15, 0.2) is 18.2 Å². The lowest BCUT2D eigenvalue weighted by molar-refractivity contribution is -0.387. The van der Waals surface area contributed by atoms with E-state index in [4.69, 9.17) is 5.11 Å². The molecule has 0 saturated carbocycles. The monoisotopic (exact) mass is 297 g/mol. The molecule has 1 aliphatic heterocycles. The van der Waals surface area contributed by atoms with E-state index < -0.39 is 28.4 Å². The van der Waals surface area contributed by atoms with E-state index in [1.807, 2.05) is 0 Å². The molecule has 0 atom stereocenters. The number of carbonyl (C=O) groups is 2. The largest absolute Gasteiger partial charge is 0.481 e. The predicted octanol–water partition coefficient (Wildman–Crippen LogP) is 1.67. The average Bonchev–Trinajstić information content (AvgIpc) is 2.32. The van der Waals surface area contributed by atoms with Crippen molar-refractivity contribution in [3.63, 3.8) is 0 Å². The maximum Gasteiger partial charge on any atom is 0.321 e. The topological polar surface area (TPSA) is 113 Å². The first-order valence-corrected chi connectivity index (χ1v) is 6.08. The Labute approximate surface area is 118 Å². The van der Waals surface area contributed by atoms with Crippen LogP contribution in [-0.2, 0) is 4.79 Å². The molecule has 1 fully saturated rings. The van der Waals surface area contributed by atoms with Crippen molar-refractivity contribution in [1.82, 2.24) is 4.90 Å². The number of halogens is 1. The standard InChI is InChI=1S/C12H12FN3O5/c13-9-4-8(1-2-10(9)16(20)21)14-12(19)15-5-7(6-15)3-11(17)18/h1-2,4,7H,3,5-6H2,(H,14,19)(H,17,18). The van der Waals surface area contributed by atoms with Crippen LogP contribution in [0.3, 0.4) is 0 Å². The van der Waals surface area contributed by atoms with E-state index in [0.717, 1.165) is 12.1 Å². The predicted molar refractivity (Wildman–Crippen MR) is 69.4 cm³/mol. The number of nitrogens with zero attached hydrogens (tertiary/aromatic N) is 2. The third-order valence-corrected chi connectivity index (χ3v) is 3.10. The van der Waals surface area contributed by atoms with Crippen molar-refractivity contribution in [1.29, 1.82) is 0 Å². The number of hydrogen-bond acceptors (Lipinski definition) is 4. The van der Waals surface area contributed by atoms with Crippen LogP contribution in [0, 0.1) is 21.8 Å². The molecule has 0 spiro atoms. The van der Waals surface area contributed by atoms with E-state index in [0.29, 0.717) is 13.1 Å². The number of nitro benzene ring substituents is 1. The molecule has 2 N–H and O–H groups in total. The van der Waals surface area contributed by atoms with Gasteiger partial charge in [-0.15, -0.1) is 0 Å². The summed E-state index contributed by atoms with van der Waals surface area (Å²) in [6.07, 6.45) is -0.00403. The maximum absolute atomic E-state index is 13.4. The van der Waals surface area contributed by atoms with Crippen molar-refractivity contribution in [2.24, 2.45) is 5.92 Å². The quantitative estimate of drug-likeness (QED) is 0.648. The smallest absolute Gasteiger partial charge is 0.321 e. The molecule has 0 unspecified atom stereocenters. The Morgan fingerprint density at radius 3 is 2.67 bits per heavy atom. The van der Waals surface area contributed by atoms with E-state index in [9.17, 15) is 24.1 Å². The van der Waals surface area contributed by atoms with E-state index in [2.05, 4.69) is 5.32 Å². The number of amides is 2. The van der Waals surface area contributed by atoms with Gasteiger partial charge in [0, 0.05) is 36.8 Å². The molecule has 0 radical (unpaired) electrons. The molecule has 1 saturated heterocycles. The highest BCUT2D eigenvalue weighted by Gasteiger charge is 2.32. The van der Waals surface area contributed by atoms with E-state index in [-0.39, 0.29) is 18.0 Å². The number of carbonyl (C=O) groups excluding carboxylic acids is 1. The fourth-order valence-electron chi connectivity index (χ4n) is 2.05. The van der Waals surface area contributed by atoms with Crippen LogP contribution >= 0.6 is 0 Å². The van der Waals surface area contributed by atoms with Crippen LogP contribution in [0.1, 0.15) is 6.42 Å². The molecule has 0 bridgehead atoms. The second-order valence-electron chi connectivity index (χ2n) is 4.72. The molecule has 1 aliphatic rings. The summed E-state index contributed by atoms with van der Waals surface area (Å²) in [5.74, 6) is -2.04. The fraction of sp³-hybridized carbons (Fsp3) is 0.333. The number of benzene rings is 1. The third-order valence-electron chi connectivity index (χ3n) is 3.10. The lowest BCUT2D eigenvalue weighted by atomic mass is 9.97. The van der Waals surface area contributed by atoms with Gasteiger partial charge in [0.05, 0.1) is 11.3 Å². The van der Waals surface area contributed by atoms with Gasteiger partial charge in [0.2, 0.25) is 5.82 Å². The van der Waals surface area contributed by atoms with E-state index in [1.54, 1.807) is 0 Å². The molecule has 1 aromatic rings. The molecule has 112 valence electrons. The molecular weight excluding hydrogens is 285 g/mol. The first kappa shape index (κ1) is 14.7. The molecule has 2 amide bonds. The van der Waals surface area contributed by atoms with Gasteiger partial charge in [-0.1, -0.05) is 0 Å². The first-order valence-electron chi connectivity index (χ1n) is 6.08.